The van der Waals surface area contributed by atoms with Crippen LogP contribution in [0.5, 0.6) is 0 Å². The van der Waals surface area contributed by atoms with Gasteiger partial charge in [-0.2, -0.15) is 0 Å². The Labute approximate surface area is 157 Å². The van der Waals surface area contributed by atoms with Crippen molar-refractivity contribution in [3.05, 3.63) is 24.3 Å². The summed E-state index contributed by atoms with van der Waals surface area (Å²) in [7, 11) is 0. The lowest BCUT2D eigenvalue weighted by Crippen LogP contribution is -2.49. The van der Waals surface area contributed by atoms with Crippen LogP contribution in [0, 0.1) is 11.8 Å². The Morgan fingerprint density at radius 1 is 1.28 bits per heavy atom. The van der Waals surface area contributed by atoms with E-state index in [4.69, 9.17) is 21.2 Å². The first-order valence-corrected chi connectivity index (χ1v) is 11.6. The fourth-order valence-corrected chi connectivity index (χ4v) is 6.54. The second-order valence-electron chi connectivity index (χ2n) is 7.13. The highest BCUT2D eigenvalue weighted by Gasteiger charge is 2.50. The Bertz CT molecular complexity index is 573. The molecule has 1 N–H and O–H groups in total. The van der Waals surface area contributed by atoms with Crippen molar-refractivity contribution in [2.24, 2.45) is 11.8 Å². The lowest BCUT2D eigenvalue weighted by molar-refractivity contribution is -0.149. The second kappa shape index (κ2) is 8.92. The van der Waals surface area contributed by atoms with E-state index in [9.17, 15) is 9.90 Å². The molecule has 144 valence electrons. The van der Waals surface area contributed by atoms with E-state index >= 15 is 0 Å². The van der Waals surface area contributed by atoms with Crippen LogP contribution in [0.1, 0.15) is 48.5 Å². The van der Waals surface area contributed by atoms with Crippen LogP contribution in [-0.4, -0.2) is 39.8 Å². The molecule has 1 aliphatic carbocycles. The topological polar surface area (TPSA) is 59.0 Å². The Hall–Kier alpha value is -0.520. The first-order valence-electron chi connectivity index (χ1n) is 8.84. The summed E-state index contributed by atoms with van der Waals surface area (Å²) in [6, 6.07) is 0.0313. The summed E-state index contributed by atoms with van der Waals surface area (Å²) in [4.78, 5) is 19.6. The van der Waals surface area contributed by atoms with Gasteiger partial charge in [-0.25, -0.2) is 0 Å². The minimum atomic E-state index is -2.64. The van der Waals surface area contributed by atoms with E-state index in [0.29, 0.717) is 6.61 Å². The number of hydrogen-bond donors (Lipinski definition) is 1. The molecule has 0 aromatic carbocycles. The molecular weight excluding hydrogens is 357 g/mol. The molecule has 0 bridgehead atoms. The smallest absolute Gasteiger partial charge is 0.313 e. The molecule has 7 heteroatoms. The fourth-order valence-electron chi connectivity index (χ4n) is 2.94. The van der Waals surface area contributed by atoms with Crippen molar-refractivity contribution < 1.29 is 19.3 Å². The molecule has 0 saturated heterocycles. The van der Waals surface area contributed by atoms with Crippen LogP contribution >= 0.6 is 6.42 Å². The second-order valence-corrected chi connectivity index (χ2v) is 11.4. The Morgan fingerprint density at radius 3 is 2.28 bits per heavy atom. The molecule has 0 fully saturated rings. The molecule has 25 heavy (non-hydrogen) atoms. The number of nitrogens with zero attached hydrogens (tertiary/aromatic N) is 1. The first-order chi connectivity index (χ1) is 11.5. The maximum atomic E-state index is 11.9. The first kappa shape index (κ1) is 22.5. The van der Waals surface area contributed by atoms with Gasteiger partial charge in [-0.1, -0.05) is 52.0 Å². The zero-order valence-electron chi connectivity index (χ0n) is 16.3. The lowest BCUT2D eigenvalue weighted by atomic mass is 9.76. The Kier molecular flexibility index (Phi) is 8.03. The normalized spacial score (nSPS) is 26.0. The highest BCUT2D eigenvalue weighted by atomic mass is 32.4. The van der Waals surface area contributed by atoms with Gasteiger partial charge in [0.25, 0.3) is 0 Å². The molecular formula is C18H32NO4PS. The van der Waals surface area contributed by atoms with Gasteiger partial charge in [0.1, 0.15) is 11.5 Å². The quantitative estimate of drug-likeness (QED) is 0.459. The van der Waals surface area contributed by atoms with Gasteiger partial charge in [-0.05, 0) is 38.5 Å². The van der Waals surface area contributed by atoms with Crippen LogP contribution in [0.2, 0.25) is 0 Å². The van der Waals surface area contributed by atoms with E-state index < -0.39 is 23.9 Å². The number of hydrogen-bond acceptors (Lipinski definition) is 4. The lowest BCUT2D eigenvalue weighted by Gasteiger charge is -2.48. The highest BCUT2D eigenvalue weighted by molar-refractivity contribution is 8.11. The summed E-state index contributed by atoms with van der Waals surface area (Å²) in [6.07, 6.45) is 4.49. The predicted molar refractivity (Wildman–Crippen MR) is 106 cm³/mol. The van der Waals surface area contributed by atoms with Crippen LogP contribution in [-0.2, 0) is 26.0 Å². The van der Waals surface area contributed by atoms with Crippen molar-refractivity contribution in [3.8, 4) is 0 Å². The third-order valence-electron chi connectivity index (χ3n) is 4.35. The van der Waals surface area contributed by atoms with Crippen LogP contribution in [0.3, 0.4) is 0 Å². The summed E-state index contributed by atoms with van der Waals surface area (Å²) < 4.78 is 6.65. The van der Waals surface area contributed by atoms with E-state index in [1.165, 1.54) is 0 Å². The van der Waals surface area contributed by atoms with Gasteiger partial charge in [0.05, 0.1) is 6.61 Å². The van der Waals surface area contributed by atoms with Gasteiger partial charge in [-0.15, -0.1) is 4.83 Å². The number of aliphatic carboxylic acids is 1. The average molecular weight is 389 g/mol. The van der Waals surface area contributed by atoms with Crippen LogP contribution in [0.15, 0.2) is 24.3 Å². The summed E-state index contributed by atoms with van der Waals surface area (Å²) in [6.45, 7) is 14.4. The van der Waals surface area contributed by atoms with Crippen molar-refractivity contribution in [3.63, 3.8) is 0 Å². The molecule has 1 rings (SSSR count). The number of allylic oxidation sites excluding steroid dienone is 2. The van der Waals surface area contributed by atoms with Gasteiger partial charge in [0.2, 0.25) is 0 Å². The zero-order chi connectivity index (χ0) is 19.4. The monoisotopic (exact) mass is 389 g/mol. The fraction of sp³-hybridized carbons (Fsp3) is 0.722. The van der Waals surface area contributed by atoms with Crippen molar-refractivity contribution in [1.82, 2.24) is 4.83 Å². The maximum Gasteiger partial charge on any atom is 0.313 e. The predicted octanol–water partition coefficient (Wildman–Crippen LogP) is 4.60. The van der Waals surface area contributed by atoms with Crippen molar-refractivity contribution in [1.29, 1.82) is 0 Å². The van der Waals surface area contributed by atoms with Gasteiger partial charge >= 0.3 is 5.97 Å². The van der Waals surface area contributed by atoms with E-state index in [1.807, 2.05) is 60.6 Å². The average Bonchev–Trinajstić information content (AvgIpc) is 2.51. The minimum absolute atomic E-state index is 0.0147. The number of carboxylic acids is 1. The van der Waals surface area contributed by atoms with Gasteiger partial charge in [0, 0.05) is 11.7 Å². The summed E-state index contributed by atoms with van der Waals surface area (Å²) >= 11 is 6.04. The van der Waals surface area contributed by atoms with E-state index in [1.54, 1.807) is 17.0 Å². The molecule has 5 nitrogen and oxygen atoms in total. The van der Waals surface area contributed by atoms with Gasteiger partial charge in [0.15, 0.2) is 6.42 Å². The molecule has 0 saturated carbocycles. The Morgan fingerprint density at radius 2 is 1.88 bits per heavy atom. The molecule has 3 atom stereocenters. The molecule has 0 aliphatic heterocycles. The Balaban J connectivity index is 3.46. The van der Waals surface area contributed by atoms with E-state index in [-0.39, 0.29) is 17.6 Å². The molecule has 0 heterocycles. The van der Waals surface area contributed by atoms with Gasteiger partial charge < -0.3 is 9.63 Å². The van der Waals surface area contributed by atoms with Crippen molar-refractivity contribution in [2.45, 2.75) is 65.8 Å². The number of hydroxylamine groups is 1. The molecule has 0 aromatic heterocycles. The third kappa shape index (κ3) is 4.61. The van der Waals surface area contributed by atoms with Gasteiger partial charge in [-0.3, -0.25) is 9.63 Å². The van der Waals surface area contributed by atoms with Crippen molar-refractivity contribution >= 4 is 24.2 Å². The molecule has 0 aromatic rings. The summed E-state index contributed by atoms with van der Waals surface area (Å²) in [5, 5.41) is 9.78. The molecule has 0 spiro atoms. The van der Waals surface area contributed by atoms with E-state index in [0.717, 1.165) is 0 Å². The third-order valence-corrected chi connectivity index (χ3v) is 9.33. The molecule has 3 unspecified atom stereocenters. The summed E-state index contributed by atoms with van der Waals surface area (Å²) in [5.41, 5.74) is -0.981. The molecule has 1 aliphatic rings. The van der Waals surface area contributed by atoms with E-state index in [2.05, 4.69) is 0 Å². The largest absolute Gasteiger partial charge is 0.481 e. The molecule has 0 radical (unpaired) electrons. The highest BCUT2D eigenvalue weighted by Crippen LogP contribution is 2.61. The summed E-state index contributed by atoms with van der Waals surface area (Å²) in [5.74, 6) is -1.76. The number of carbonyl (C=O) groups is 1. The van der Waals surface area contributed by atoms with Crippen LogP contribution in [0.25, 0.3) is 0 Å². The minimum Gasteiger partial charge on any atom is -0.481 e. The molecule has 0 amide bonds. The maximum absolute atomic E-state index is 11.9. The zero-order valence-corrected chi connectivity index (χ0v) is 18.0. The van der Waals surface area contributed by atoms with Crippen LogP contribution < -0.4 is 0 Å². The SMILES string of the molecule is CCON(C(C)C)P(=S)(OC1(C(C)C)C=CC=CC1C(=O)O)C(C)C. The van der Waals surface area contributed by atoms with Crippen LogP contribution in [0.4, 0.5) is 0 Å². The standard InChI is InChI=1S/C18H32NO4PS/c1-8-22-19(14(4)5)24(25,15(6)7)23-18(13(2)3)12-10-9-11-16(18)17(20)21/h9-16H,8H2,1-7H3,(H,20,21). The number of rotatable bonds is 9. The van der Waals surface area contributed by atoms with Crippen molar-refractivity contribution in [2.75, 3.05) is 6.61 Å². The number of carboxylic acid groups (broad SMARTS) is 1.